The van der Waals surface area contributed by atoms with Gasteiger partial charge in [-0.25, -0.2) is 4.98 Å². The first-order valence-electron chi connectivity index (χ1n) is 11.5. The van der Waals surface area contributed by atoms with Gasteiger partial charge in [0.1, 0.15) is 23.3 Å². The molecule has 1 amide bonds. The minimum atomic E-state index is -1.04. The molecule has 38 heavy (non-hydrogen) atoms. The van der Waals surface area contributed by atoms with Crippen LogP contribution < -0.4 is 23.8 Å². The predicted octanol–water partition coefficient (Wildman–Crippen LogP) is 4.96. The number of methoxy groups -OCH3 is 4. The fraction of sp³-hybridized carbons (Fsp3) is 0.179. The van der Waals surface area contributed by atoms with Gasteiger partial charge in [-0.15, -0.1) is 0 Å². The molecule has 9 nitrogen and oxygen atoms in total. The van der Waals surface area contributed by atoms with Gasteiger partial charge >= 0.3 is 5.91 Å². The number of hydrogen-bond donors (Lipinski definition) is 1. The van der Waals surface area contributed by atoms with Gasteiger partial charge in [-0.2, -0.15) is 0 Å². The molecule has 0 bridgehead atoms. The minimum absolute atomic E-state index is 0.0939. The lowest BCUT2D eigenvalue weighted by Gasteiger charge is -2.25. The van der Waals surface area contributed by atoms with Crippen molar-refractivity contribution >= 4 is 44.1 Å². The lowest BCUT2D eigenvalue weighted by Crippen LogP contribution is -2.29. The van der Waals surface area contributed by atoms with Gasteiger partial charge in [0.2, 0.25) is 0 Å². The number of Topliss-reactive ketones (excluding diaryl/α,β-unsaturated/α-hetero) is 1. The van der Waals surface area contributed by atoms with Crippen LogP contribution in [0, 0.1) is 0 Å². The topological polar surface area (TPSA) is 107 Å². The molecule has 194 valence electrons. The largest absolute Gasteiger partial charge is 0.507 e. The first-order chi connectivity index (χ1) is 18.4. The molecule has 0 aliphatic carbocycles. The summed E-state index contributed by atoms with van der Waals surface area (Å²) in [6.45, 7) is 0. The number of aromatic nitrogens is 1. The number of carbonyl (C=O) groups is 2. The number of carbonyl (C=O) groups excluding carboxylic acids is 2. The molecule has 10 heteroatoms. The van der Waals surface area contributed by atoms with Crippen molar-refractivity contribution in [2.24, 2.45) is 0 Å². The molecule has 0 spiro atoms. The average Bonchev–Trinajstić information content (AvgIpc) is 3.49. The maximum atomic E-state index is 13.6. The van der Waals surface area contributed by atoms with Crippen molar-refractivity contribution in [2.75, 3.05) is 33.3 Å². The lowest BCUT2D eigenvalue weighted by atomic mass is 9.94. The number of nitrogens with zero attached hydrogens (tertiary/aromatic N) is 2. The van der Waals surface area contributed by atoms with Crippen LogP contribution in [0.3, 0.4) is 0 Å². The highest BCUT2D eigenvalue weighted by atomic mass is 32.1. The highest BCUT2D eigenvalue weighted by Crippen LogP contribution is 2.48. The number of para-hydroxylation sites is 1. The zero-order chi connectivity index (χ0) is 27.0. The summed E-state index contributed by atoms with van der Waals surface area (Å²) >= 11 is 1.24. The number of fused-ring (bicyclic) bond motifs is 1. The fourth-order valence-corrected chi connectivity index (χ4v) is 5.50. The monoisotopic (exact) mass is 532 g/mol. The second kappa shape index (κ2) is 10.1. The van der Waals surface area contributed by atoms with Crippen molar-refractivity contribution in [3.63, 3.8) is 0 Å². The van der Waals surface area contributed by atoms with Crippen LogP contribution in [-0.2, 0) is 9.59 Å². The van der Waals surface area contributed by atoms with Crippen LogP contribution in [0.15, 0.2) is 66.2 Å². The van der Waals surface area contributed by atoms with Crippen LogP contribution in [0.4, 0.5) is 5.13 Å². The highest BCUT2D eigenvalue weighted by Gasteiger charge is 2.49. The SMILES string of the molecule is COc1ccc(/C(O)=C2\C(=O)C(=O)N(c3nc4ccc(OC)cc4s3)[C@@H]2c2cccc(OC)c2OC)cc1. The molecule has 2 heterocycles. The van der Waals surface area contributed by atoms with E-state index < -0.39 is 17.7 Å². The molecule has 1 aliphatic rings. The zero-order valence-electron chi connectivity index (χ0n) is 21.1. The Morgan fingerprint density at radius 2 is 1.61 bits per heavy atom. The van der Waals surface area contributed by atoms with Crippen LogP contribution >= 0.6 is 11.3 Å². The third-order valence-corrected chi connectivity index (χ3v) is 7.34. The average molecular weight is 533 g/mol. The maximum Gasteiger partial charge on any atom is 0.301 e. The Morgan fingerprint density at radius 3 is 2.26 bits per heavy atom. The summed E-state index contributed by atoms with van der Waals surface area (Å²) in [5, 5.41) is 11.7. The summed E-state index contributed by atoms with van der Waals surface area (Å²) in [6.07, 6.45) is 0. The van der Waals surface area contributed by atoms with E-state index in [9.17, 15) is 14.7 Å². The fourth-order valence-electron chi connectivity index (χ4n) is 4.48. The molecule has 4 aromatic rings. The molecule has 1 aromatic heterocycles. The molecule has 1 saturated heterocycles. The van der Waals surface area contributed by atoms with Gasteiger partial charge in [-0.1, -0.05) is 23.5 Å². The standard InChI is InChI=1S/C28H24N2O7S/c1-34-16-10-8-15(9-11-16)24(31)22-23(18-6-5-7-20(36-3)26(18)37-4)30(27(33)25(22)32)28-29-19-13-12-17(35-2)14-21(19)38-28/h5-14,23,31H,1-4H3/b24-22+/t23-/m1/s1. The molecule has 1 atom stereocenters. The van der Waals surface area contributed by atoms with E-state index in [0.29, 0.717) is 44.8 Å². The second-order valence-electron chi connectivity index (χ2n) is 8.31. The predicted molar refractivity (Wildman–Crippen MR) is 143 cm³/mol. The molecule has 1 N–H and O–H groups in total. The van der Waals surface area contributed by atoms with Crippen LogP contribution in [0.5, 0.6) is 23.0 Å². The van der Waals surface area contributed by atoms with Gasteiger partial charge in [-0.05, 0) is 48.5 Å². The number of ether oxygens (including phenoxy) is 4. The Kier molecular flexibility index (Phi) is 6.64. The molecular weight excluding hydrogens is 508 g/mol. The molecule has 1 fully saturated rings. The molecule has 0 unspecified atom stereocenters. The van der Waals surface area contributed by atoms with Gasteiger partial charge < -0.3 is 24.1 Å². The van der Waals surface area contributed by atoms with Crippen molar-refractivity contribution in [3.05, 3.63) is 77.4 Å². The van der Waals surface area contributed by atoms with E-state index in [1.54, 1.807) is 61.7 Å². The third-order valence-electron chi connectivity index (χ3n) is 6.33. The molecular formula is C28H24N2O7S. The van der Waals surface area contributed by atoms with Gasteiger partial charge in [0, 0.05) is 11.1 Å². The summed E-state index contributed by atoms with van der Waals surface area (Å²) in [4.78, 5) is 33.0. The number of benzene rings is 3. The Morgan fingerprint density at radius 1 is 0.895 bits per heavy atom. The normalized spacial score (nSPS) is 16.6. The first kappa shape index (κ1) is 25.1. The van der Waals surface area contributed by atoms with E-state index in [1.165, 1.54) is 37.6 Å². The first-order valence-corrected chi connectivity index (χ1v) is 12.3. The minimum Gasteiger partial charge on any atom is -0.507 e. The number of amides is 1. The van der Waals surface area contributed by atoms with E-state index in [1.807, 2.05) is 6.07 Å². The van der Waals surface area contributed by atoms with Crippen LogP contribution in [-0.4, -0.2) is 50.2 Å². The number of rotatable bonds is 7. The Bertz CT molecular complexity index is 1580. The number of aliphatic hydroxyl groups is 1. The number of hydrogen-bond acceptors (Lipinski definition) is 9. The lowest BCUT2D eigenvalue weighted by molar-refractivity contribution is -0.132. The van der Waals surface area contributed by atoms with Crippen LogP contribution in [0.1, 0.15) is 17.2 Å². The number of ketones is 1. The van der Waals surface area contributed by atoms with Crippen molar-refractivity contribution in [2.45, 2.75) is 6.04 Å². The molecule has 1 aliphatic heterocycles. The number of anilines is 1. The maximum absolute atomic E-state index is 13.6. The third kappa shape index (κ3) is 4.08. The Hall–Kier alpha value is -4.57. The summed E-state index contributed by atoms with van der Waals surface area (Å²) in [7, 11) is 6.07. The number of thiazole rings is 1. The van der Waals surface area contributed by atoms with Crippen LogP contribution in [0.25, 0.3) is 16.0 Å². The van der Waals surface area contributed by atoms with E-state index in [2.05, 4.69) is 4.98 Å². The van der Waals surface area contributed by atoms with E-state index in [-0.39, 0.29) is 11.3 Å². The van der Waals surface area contributed by atoms with Gasteiger partial charge in [0.25, 0.3) is 5.78 Å². The smallest absolute Gasteiger partial charge is 0.301 e. The van der Waals surface area contributed by atoms with Crippen molar-refractivity contribution < 1.29 is 33.6 Å². The van der Waals surface area contributed by atoms with Crippen molar-refractivity contribution in [1.82, 2.24) is 4.98 Å². The van der Waals surface area contributed by atoms with Gasteiger partial charge in [0.15, 0.2) is 16.6 Å². The molecule has 0 saturated carbocycles. The van der Waals surface area contributed by atoms with Gasteiger partial charge in [0.05, 0.1) is 44.2 Å². The summed E-state index contributed by atoms with van der Waals surface area (Å²) < 4.78 is 22.4. The van der Waals surface area contributed by atoms with E-state index >= 15 is 0 Å². The van der Waals surface area contributed by atoms with Gasteiger partial charge in [-0.3, -0.25) is 14.5 Å². The molecule has 5 rings (SSSR count). The molecule has 0 radical (unpaired) electrons. The zero-order valence-corrected chi connectivity index (χ0v) is 21.9. The van der Waals surface area contributed by atoms with E-state index in [0.717, 1.165) is 4.70 Å². The summed E-state index contributed by atoms with van der Waals surface area (Å²) in [5.74, 6) is -0.0280. The van der Waals surface area contributed by atoms with Crippen molar-refractivity contribution in [3.8, 4) is 23.0 Å². The summed E-state index contributed by atoms with van der Waals surface area (Å²) in [6, 6.07) is 16.0. The Labute approximate surface area is 222 Å². The quantitative estimate of drug-likeness (QED) is 0.202. The van der Waals surface area contributed by atoms with E-state index in [4.69, 9.17) is 18.9 Å². The van der Waals surface area contributed by atoms with Crippen molar-refractivity contribution in [1.29, 1.82) is 0 Å². The number of aliphatic hydroxyl groups excluding tert-OH is 1. The van der Waals surface area contributed by atoms with Crippen LogP contribution in [0.2, 0.25) is 0 Å². The highest BCUT2D eigenvalue weighted by molar-refractivity contribution is 7.22. The second-order valence-corrected chi connectivity index (χ2v) is 9.32. The summed E-state index contributed by atoms with van der Waals surface area (Å²) in [5.41, 5.74) is 1.35. The molecule has 3 aromatic carbocycles. The Balaban J connectivity index is 1.76.